The van der Waals surface area contributed by atoms with Crippen molar-refractivity contribution in [1.29, 1.82) is 0 Å². The van der Waals surface area contributed by atoms with Gasteiger partial charge in [-0.15, -0.1) is 0 Å². The summed E-state index contributed by atoms with van der Waals surface area (Å²) in [6, 6.07) is 11.9. The summed E-state index contributed by atoms with van der Waals surface area (Å²) in [6.45, 7) is -0.350. The summed E-state index contributed by atoms with van der Waals surface area (Å²) < 4.78 is 5.32. The highest BCUT2D eigenvalue weighted by Gasteiger charge is 2.46. The Morgan fingerprint density at radius 1 is 1.33 bits per heavy atom. The third-order valence-corrected chi connectivity index (χ3v) is 4.60. The molecule has 3 rings (SSSR count). The molecule has 0 spiro atoms. The van der Waals surface area contributed by atoms with E-state index in [1.807, 2.05) is 12.1 Å². The average molecular weight is 346 g/mol. The third kappa shape index (κ3) is 2.37. The van der Waals surface area contributed by atoms with Crippen molar-refractivity contribution in [2.24, 2.45) is 0 Å². The Bertz CT molecular complexity index is 807. The van der Waals surface area contributed by atoms with E-state index in [1.54, 1.807) is 30.3 Å². The van der Waals surface area contributed by atoms with Crippen LogP contribution in [0, 0.1) is 0 Å². The highest BCUT2D eigenvalue weighted by molar-refractivity contribution is 6.30. The lowest BCUT2D eigenvalue weighted by Gasteiger charge is -2.37. The minimum absolute atomic E-state index is 0.226. The molecule has 2 aromatic rings. The Morgan fingerprint density at radius 2 is 2.08 bits per heavy atom. The molecular weight excluding hydrogens is 330 g/mol. The van der Waals surface area contributed by atoms with Crippen LogP contribution in [-0.2, 0) is 16.9 Å². The number of hydrogen-bond acceptors (Lipinski definition) is 4. The van der Waals surface area contributed by atoms with Crippen molar-refractivity contribution in [2.75, 3.05) is 13.7 Å². The van der Waals surface area contributed by atoms with E-state index in [4.69, 9.17) is 16.3 Å². The quantitative estimate of drug-likeness (QED) is 0.845. The maximum atomic E-state index is 12.8. The topological polar surface area (TPSA) is 66.8 Å². The lowest BCUT2D eigenvalue weighted by Crippen LogP contribution is -2.50. The number of aldehydes is 1. The van der Waals surface area contributed by atoms with Crippen molar-refractivity contribution >= 4 is 23.8 Å². The first-order valence-corrected chi connectivity index (χ1v) is 7.76. The molecule has 5 nitrogen and oxygen atoms in total. The summed E-state index contributed by atoms with van der Waals surface area (Å²) in [5, 5.41) is 10.5. The molecule has 0 bridgehead atoms. The fraction of sp³-hybridized carbons (Fsp3) is 0.222. The predicted molar refractivity (Wildman–Crippen MR) is 89.1 cm³/mol. The standard InChI is InChI=1S/C18H16ClNO4/c1-24-16-7-6-13(19)8-15(16)18(10-21,11-22)20-9-12-4-2-3-5-14(12)17(20)23/h2-8,10,22H,9,11H2,1H3. The van der Waals surface area contributed by atoms with Crippen LogP contribution in [0.2, 0.25) is 5.02 Å². The maximum absolute atomic E-state index is 12.8. The molecule has 0 saturated heterocycles. The number of ether oxygens (including phenoxy) is 1. The second-order valence-corrected chi connectivity index (χ2v) is 6.03. The van der Waals surface area contributed by atoms with Gasteiger partial charge in [-0.1, -0.05) is 29.8 Å². The normalized spacial score (nSPS) is 15.8. The van der Waals surface area contributed by atoms with Crippen molar-refractivity contribution in [3.8, 4) is 5.75 Å². The fourth-order valence-electron chi connectivity index (χ4n) is 3.08. The highest BCUT2D eigenvalue weighted by atomic mass is 35.5. The predicted octanol–water partition coefficient (Wildman–Crippen LogP) is 2.39. The minimum Gasteiger partial charge on any atom is -0.496 e. The van der Waals surface area contributed by atoms with Gasteiger partial charge < -0.3 is 19.5 Å². The molecule has 0 aliphatic carbocycles. The van der Waals surface area contributed by atoms with E-state index in [0.717, 1.165) is 5.56 Å². The smallest absolute Gasteiger partial charge is 0.255 e. The van der Waals surface area contributed by atoms with Gasteiger partial charge in [0.25, 0.3) is 5.91 Å². The Morgan fingerprint density at radius 3 is 2.71 bits per heavy atom. The van der Waals surface area contributed by atoms with E-state index in [0.29, 0.717) is 28.2 Å². The number of aliphatic hydroxyl groups excluding tert-OH is 1. The number of hydrogen-bond donors (Lipinski definition) is 1. The van der Waals surface area contributed by atoms with Gasteiger partial charge >= 0.3 is 0 Å². The van der Waals surface area contributed by atoms with Gasteiger partial charge in [-0.2, -0.15) is 0 Å². The van der Waals surface area contributed by atoms with E-state index >= 15 is 0 Å². The molecule has 1 N–H and O–H groups in total. The molecule has 1 aliphatic heterocycles. The lowest BCUT2D eigenvalue weighted by atomic mass is 9.89. The third-order valence-electron chi connectivity index (χ3n) is 4.37. The van der Waals surface area contributed by atoms with E-state index < -0.39 is 12.1 Å². The summed E-state index contributed by atoms with van der Waals surface area (Å²) in [7, 11) is 1.46. The van der Waals surface area contributed by atoms with Crippen molar-refractivity contribution in [1.82, 2.24) is 4.90 Å². The average Bonchev–Trinajstić information content (AvgIpc) is 2.95. The SMILES string of the molecule is COc1ccc(Cl)cc1C(C=O)(CO)N1Cc2ccccc2C1=O. The zero-order valence-corrected chi connectivity index (χ0v) is 13.8. The number of carbonyl (C=O) groups is 2. The van der Waals surface area contributed by atoms with Gasteiger partial charge in [0.05, 0.1) is 13.7 Å². The van der Waals surface area contributed by atoms with Gasteiger partial charge in [0.2, 0.25) is 0 Å². The van der Waals surface area contributed by atoms with Crippen molar-refractivity contribution in [3.63, 3.8) is 0 Å². The number of amides is 1. The molecular formula is C18H16ClNO4. The number of carbonyl (C=O) groups excluding carboxylic acids is 2. The number of rotatable bonds is 5. The largest absolute Gasteiger partial charge is 0.496 e. The molecule has 24 heavy (non-hydrogen) atoms. The van der Waals surface area contributed by atoms with Crippen LogP contribution in [0.5, 0.6) is 5.75 Å². The summed E-state index contributed by atoms with van der Waals surface area (Å²) in [4.78, 5) is 26.2. The molecule has 124 valence electrons. The second-order valence-electron chi connectivity index (χ2n) is 5.59. The highest BCUT2D eigenvalue weighted by Crippen LogP contribution is 2.39. The van der Waals surface area contributed by atoms with Crippen LogP contribution in [0.15, 0.2) is 42.5 Å². The number of nitrogens with zero attached hydrogens (tertiary/aromatic N) is 1. The molecule has 0 saturated carbocycles. The van der Waals surface area contributed by atoms with Crippen molar-refractivity contribution in [3.05, 3.63) is 64.2 Å². The Balaban J connectivity index is 2.16. The van der Waals surface area contributed by atoms with E-state index in [-0.39, 0.29) is 12.5 Å². The Kier molecular flexibility index (Phi) is 4.30. The number of benzene rings is 2. The Labute approximate surface area is 144 Å². The molecule has 1 atom stereocenters. The van der Waals surface area contributed by atoms with Crippen LogP contribution in [-0.4, -0.2) is 35.9 Å². The summed E-state index contributed by atoms with van der Waals surface area (Å²) in [5.74, 6) is 0.0677. The summed E-state index contributed by atoms with van der Waals surface area (Å²) in [5.41, 5.74) is 0.129. The summed E-state index contributed by atoms with van der Waals surface area (Å²) >= 11 is 6.07. The fourth-order valence-corrected chi connectivity index (χ4v) is 3.25. The molecule has 0 fully saturated rings. The van der Waals surface area contributed by atoms with Gasteiger partial charge in [0.1, 0.15) is 5.75 Å². The monoisotopic (exact) mass is 345 g/mol. The van der Waals surface area contributed by atoms with Gasteiger partial charge in [0.15, 0.2) is 11.8 Å². The van der Waals surface area contributed by atoms with Crippen LogP contribution in [0.1, 0.15) is 21.5 Å². The number of aliphatic hydroxyl groups is 1. The number of fused-ring (bicyclic) bond motifs is 1. The van der Waals surface area contributed by atoms with Gasteiger partial charge in [-0.25, -0.2) is 0 Å². The Hall–Kier alpha value is -2.37. The zero-order valence-electron chi connectivity index (χ0n) is 13.0. The number of halogens is 1. The lowest BCUT2D eigenvalue weighted by molar-refractivity contribution is -0.120. The first kappa shape index (κ1) is 16.5. The first-order valence-electron chi connectivity index (χ1n) is 7.38. The second kappa shape index (κ2) is 6.26. The minimum atomic E-state index is -1.56. The van der Waals surface area contributed by atoms with Crippen LogP contribution in [0.25, 0.3) is 0 Å². The summed E-state index contributed by atoms with van der Waals surface area (Å²) in [6.07, 6.45) is 0.574. The van der Waals surface area contributed by atoms with E-state index in [2.05, 4.69) is 0 Å². The van der Waals surface area contributed by atoms with Crippen molar-refractivity contribution < 1.29 is 19.4 Å². The van der Waals surface area contributed by atoms with Gasteiger partial charge in [-0.3, -0.25) is 4.79 Å². The molecule has 1 aliphatic rings. The van der Waals surface area contributed by atoms with Gasteiger partial charge in [-0.05, 0) is 29.8 Å². The molecule has 0 aromatic heterocycles. The molecule has 6 heteroatoms. The molecule has 2 aromatic carbocycles. The van der Waals surface area contributed by atoms with Gasteiger partial charge in [0, 0.05) is 22.7 Å². The van der Waals surface area contributed by atoms with Crippen LogP contribution >= 0.6 is 11.6 Å². The zero-order chi connectivity index (χ0) is 17.3. The van der Waals surface area contributed by atoms with E-state index in [9.17, 15) is 14.7 Å². The maximum Gasteiger partial charge on any atom is 0.255 e. The molecule has 1 amide bonds. The molecule has 1 heterocycles. The molecule has 0 radical (unpaired) electrons. The number of methoxy groups -OCH3 is 1. The van der Waals surface area contributed by atoms with E-state index in [1.165, 1.54) is 12.0 Å². The van der Waals surface area contributed by atoms with Crippen LogP contribution < -0.4 is 4.74 Å². The van der Waals surface area contributed by atoms with Crippen LogP contribution in [0.4, 0.5) is 0 Å². The van der Waals surface area contributed by atoms with Crippen molar-refractivity contribution in [2.45, 2.75) is 12.1 Å². The van der Waals surface area contributed by atoms with Crippen LogP contribution in [0.3, 0.4) is 0 Å². The first-order chi connectivity index (χ1) is 11.6. The molecule has 1 unspecified atom stereocenters.